The first-order valence-corrected chi connectivity index (χ1v) is 5.99. The molecule has 0 radical (unpaired) electrons. The molecule has 4 heteroatoms. The summed E-state index contributed by atoms with van der Waals surface area (Å²) in [4.78, 5) is 11.0. The van der Waals surface area contributed by atoms with E-state index in [1.807, 2.05) is 13.8 Å². The first kappa shape index (κ1) is 11.9. The van der Waals surface area contributed by atoms with Gasteiger partial charge in [0.05, 0.1) is 18.3 Å². The molecule has 1 aliphatic heterocycles. The van der Waals surface area contributed by atoms with Crippen LogP contribution < -0.4 is 0 Å². The zero-order valence-electron chi connectivity index (χ0n) is 10.1. The van der Waals surface area contributed by atoms with Crippen molar-refractivity contribution in [1.82, 2.24) is 0 Å². The number of ether oxygens (including phenoxy) is 2. The summed E-state index contributed by atoms with van der Waals surface area (Å²) < 4.78 is 11.0. The van der Waals surface area contributed by atoms with Crippen molar-refractivity contribution < 1.29 is 19.4 Å². The second-order valence-corrected chi connectivity index (χ2v) is 5.13. The second-order valence-electron chi connectivity index (χ2n) is 5.13. The highest BCUT2D eigenvalue weighted by molar-refractivity contribution is 5.66. The summed E-state index contributed by atoms with van der Waals surface area (Å²) in [7, 11) is 0. The van der Waals surface area contributed by atoms with Gasteiger partial charge in [0.1, 0.15) is 6.10 Å². The van der Waals surface area contributed by atoms with E-state index < -0.39 is 0 Å². The normalized spacial score (nSPS) is 47.5. The maximum atomic E-state index is 11.0. The molecule has 92 valence electrons. The minimum absolute atomic E-state index is 0.0670. The van der Waals surface area contributed by atoms with Crippen LogP contribution in [0.5, 0.6) is 0 Å². The molecule has 16 heavy (non-hydrogen) atoms. The predicted octanol–water partition coefficient (Wildman–Crippen LogP) is 1.11. The molecule has 1 saturated heterocycles. The molecular weight excluding hydrogens is 208 g/mol. The number of esters is 1. The molecular formula is C12H20O4. The van der Waals surface area contributed by atoms with E-state index in [9.17, 15) is 9.90 Å². The molecule has 0 aromatic heterocycles. The average molecular weight is 228 g/mol. The van der Waals surface area contributed by atoms with Crippen molar-refractivity contribution in [2.24, 2.45) is 11.8 Å². The number of carbonyl (C=O) groups is 1. The number of aliphatic hydroxyl groups is 1. The fraction of sp³-hybridized carbons (Fsp3) is 0.917. The molecule has 0 aromatic carbocycles. The molecule has 1 N–H and O–H groups in total. The van der Waals surface area contributed by atoms with Crippen molar-refractivity contribution in [1.29, 1.82) is 0 Å². The summed E-state index contributed by atoms with van der Waals surface area (Å²) in [6.07, 6.45) is 1.16. The first-order valence-electron chi connectivity index (χ1n) is 5.99. The summed E-state index contributed by atoms with van der Waals surface area (Å²) in [5.41, 5.74) is 0. The van der Waals surface area contributed by atoms with Gasteiger partial charge in [-0.2, -0.15) is 0 Å². The van der Waals surface area contributed by atoms with Gasteiger partial charge in [-0.1, -0.05) is 6.92 Å². The van der Waals surface area contributed by atoms with Gasteiger partial charge in [-0.3, -0.25) is 4.79 Å². The lowest BCUT2D eigenvalue weighted by molar-refractivity contribution is -0.177. The van der Waals surface area contributed by atoms with Gasteiger partial charge in [0.25, 0.3) is 0 Å². The van der Waals surface area contributed by atoms with Gasteiger partial charge in [0.2, 0.25) is 0 Å². The van der Waals surface area contributed by atoms with Crippen LogP contribution >= 0.6 is 0 Å². The Morgan fingerprint density at radius 3 is 2.69 bits per heavy atom. The SMILES string of the molecule is CC(=O)O[C@@H]1C[C@@H]2[C@@H](O)[C@H](C)C[C@@H]2O[C@H]1C. The molecule has 0 unspecified atom stereocenters. The van der Waals surface area contributed by atoms with Crippen LogP contribution in [0.15, 0.2) is 0 Å². The van der Waals surface area contributed by atoms with Gasteiger partial charge >= 0.3 is 5.97 Å². The molecule has 0 bridgehead atoms. The Labute approximate surface area is 95.9 Å². The summed E-state index contributed by atoms with van der Waals surface area (Å²) in [6, 6.07) is 0. The Morgan fingerprint density at radius 2 is 2.06 bits per heavy atom. The van der Waals surface area contributed by atoms with Crippen LogP contribution in [0.25, 0.3) is 0 Å². The third-order valence-corrected chi connectivity index (χ3v) is 3.84. The number of carbonyl (C=O) groups excluding carboxylic acids is 1. The van der Waals surface area contributed by atoms with Gasteiger partial charge in [0.15, 0.2) is 0 Å². The predicted molar refractivity (Wildman–Crippen MR) is 57.8 cm³/mol. The summed E-state index contributed by atoms with van der Waals surface area (Å²) in [5.74, 6) is 0.119. The number of hydrogen-bond donors (Lipinski definition) is 1. The summed E-state index contributed by atoms with van der Waals surface area (Å²) >= 11 is 0. The van der Waals surface area contributed by atoms with E-state index in [0.29, 0.717) is 0 Å². The molecule has 0 spiro atoms. The quantitative estimate of drug-likeness (QED) is 0.683. The van der Waals surface area contributed by atoms with E-state index in [0.717, 1.165) is 12.8 Å². The van der Waals surface area contributed by atoms with Gasteiger partial charge in [0, 0.05) is 12.8 Å². The van der Waals surface area contributed by atoms with Crippen molar-refractivity contribution in [3.63, 3.8) is 0 Å². The molecule has 0 aromatic rings. The van der Waals surface area contributed by atoms with Crippen LogP contribution in [0.2, 0.25) is 0 Å². The number of aliphatic hydroxyl groups excluding tert-OH is 1. The third-order valence-electron chi connectivity index (χ3n) is 3.84. The zero-order chi connectivity index (χ0) is 11.9. The maximum Gasteiger partial charge on any atom is 0.302 e. The van der Waals surface area contributed by atoms with E-state index >= 15 is 0 Å². The average Bonchev–Trinajstić information content (AvgIpc) is 2.44. The number of hydrogen-bond acceptors (Lipinski definition) is 4. The number of fused-ring (bicyclic) bond motifs is 1. The lowest BCUT2D eigenvalue weighted by Crippen LogP contribution is -2.45. The standard InChI is InChI=1S/C12H20O4/c1-6-4-11-9(12(6)14)5-10(7(2)15-11)16-8(3)13/h6-7,9-12,14H,4-5H2,1-3H3/t6-,7+,9+,10-,11+,12+/m1/s1. The lowest BCUT2D eigenvalue weighted by atomic mass is 9.90. The minimum Gasteiger partial charge on any atom is -0.460 e. The molecule has 6 atom stereocenters. The number of rotatable bonds is 1. The van der Waals surface area contributed by atoms with Crippen molar-refractivity contribution in [2.75, 3.05) is 0 Å². The van der Waals surface area contributed by atoms with E-state index in [2.05, 4.69) is 0 Å². The fourth-order valence-corrected chi connectivity index (χ4v) is 2.95. The largest absolute Gasteiger partial charge is 0.460 e. The minimum atomic E-state index is -0.324. The van der Waals surface area contributed by atoms with E-state index in [-0.39, 0.29) is 42.2 Å². The van der Waals surface area contributed by atoms with E-state index in [1.54, 1.807) is 0 Å². The van der Waals surface area contributed by atoms with Crippen molar-refractivity contribution >= 4 is 5.97 Å². The van der Waals surface area contributed by atoms with Gasteiger partial charge < -0.3 is 14.6 Å². The Kier molecular flexibility index (Phi) is 3.22. The fourth-order valence-electron chi connectivity index (χ4n) is 2.95. The van der Waals surface area contributed by atoms with Crippen LogP contribution in [0.3, 0.4) is 0 Å². The Hall–Kier alpha value is -0.610. The highest BCUT2D eigenvalue weighted by atomic mass is 16.6. The second kappa shape index (κ2) is 4.34. The van der Waals surface area contributed by atoms with E-state index in [4.69, 9.17) is 9.47 Å². The Morgan fingerprint density at radius 1 is 1.38 bits per heavy atom. The van der Waals surface area contributed by atoms with Gasteiger partial charge in [-0.05, 0) is 25.7 Å². The van der Waals surface area contributed by atoms with Crippen LogP contribution in [0.1, 0.15) is 33.6 Å². The van der Waals surface area contributed by atoms with Crippen LogP contribution in [0.4, 0.5) is 0 Å². The zero-order valence-corrected chi connectivity index (χ0v) is 10.1. The monoisotopic (exact) mass is 228 g/mol. The maximum absolute atomic E-state index is 11.0. The Bertz CT molecular complexity index is 278. The lowest BCUT2D eigenvalue weighted by Gasteiger charge is -2.37. The highest BCUT2D eigenvalue weighted by Crippen LogP contribution is 2.41. The third kappa shape index (κ3) is 2.09. The van der Waals surface area contributed by atoms with Crippen molar-refractivity contribution in [3.05, 3.63) is 0 Å². The molecule has 1 saturated carbocycles. The van der Waals surface area contributed by atoms with Crippen LogP contribution in [-0.2, 0) is 14.3 Å². The molecule has 0 amide bonds. The van der Waals surface area contributed by atoms with Gasteiger partial charge in [-0.15, -0.1) is 0 Å². The smallest absolute Gasteiger partial charge is 0.302 e. The summed E-state index contributed by atoms with van der Waals surface area (Å²) in [6.45, 7) is 5.38. The Balaban J connectivity index is 2.03. The van der Waals surface area contributed by atoms with Crippen molar-refractivity contribution in [3.8, 4) is 0 Å². The topological polar surface area (TPSA) is 55.8 Å². The van der Waals surface area contributed by atoms with Crippen molar-refractivity contribution in [2.45, 2.75) is 58.0 Å². The van der Waals surface area contributed by atoms with Crippen LogP contribution in [-0.4, -0.2) is 35.5 Å². The highest BCUT2D eigenvalue weighted by Gasteiger charge is 2.47. The molecule has 1 aliphatic carbocycles. The summed E-state index contributed by atoms with van der Waals surface area (Å²) in [5, 5.41) is 10.0. The molecule has 2 fully saturated rings. The van der Waals surface area contributed by atoms with Crippen LogP contribution in [0, 0.1) is 11.8 Å². The van der Waals surface area contributed by atoms with Gasteiger partial charge in [-0.25, -0.2) is 0 Å². The molecule has 4 nitrogen and oxygen atoms in total. The first-order chi connectivity index (χ1) is 7.49. The van der Waals surface area contributed by atoms with E-state index in [1.165, 1.54) is 6.92 Å². The molecule has 1 heterocycles. The molecule has 2 rings (SSSR count). The molecule has 2 aliphatic rings.